The van der Waals surface area contributed by atoms with Crippen molar-refractivity contribution in [2.24, 2.45) is 11.1 Å². The van der Waals surface area contributed by atoms with Crippen LogP contribution in [0, 0.1) is 5.41 Å². The summed E-state index contributed by atoms with van der Waals surface area (Å²) in [5, 5.41) is 32.9. The Hall–Kier alpha value is -7.75. The minimum Gasteiger partial charge on any atom is -0.507 e. The normalized spacial score (nSPS) is 18.9. The van der Waals surface area contributed by atoms with E-state index in [1.54, 1.807) is 40.1 Å². The van der Waals surface area contributed by atoms with Crippen LogP contribution in [0.25, 0.3) is 10.8 Å². The molecule has 7 N–H and O–H groups in total. The van der Waals surface area contributed by atoms with Gasteiger partial charge >= 0.3 is 6.09 Å². The number of nitrogens with two attached hydrogens (primary N) is 1. The largest absolute Gasteiger partial charge is 0.507 e. The van der Waals surface area contributed by atoms with Crippen LogP contribution in [-0.4, -0.2) is 138 Å². The standard InChI is InChI=1S/C61H73ClN8O13/c1-81-49-32-43-46(34-50(49)82-31-11-2-4-18-51(72)69-36-39(35-62)54-42-15-6-5-14-41(42)48(71)33-47(54)69)70(57(77)45-17-12-30-67(45)56(43)76)60(80)83-37-38-19-21-40(22-20-38)65-55(75)44(16-7-8-27-63)66-59(79)61(25-13-26-61)58(78)64-28-9-3-10-29-68-52(73)23-24-53(68)74/h5-6,14-15,19-24,32-34,39,44-45,57,71,77H,2-4,7-13,16-18,25-31,35-37,63H2,1H3,(H,64,78)(H,65,75)(H,66,79)/t39-,44+,45+,57?/m1/s1. The lowest BCUT2D eigenvalue weighted by Crippen LogP contribution is -2.58. The number of aromatic hydroxyl groups is 1. The van der Waals surface area contributed by atoms with Crippen LogP contribution in [0.5, 0.6) is 17.2 Å². The molecule has 0 radical (unpaired) electrons. The maximum atomic E-state index is 14.2. The number of aliphatic hydroxyl groups is 1. The third-order valence-corrected chi connectivity index (χ3v) is 16.9. The van der Waals surface area contributed by atoms with Gasteiger partial charge in [0.05, 0.1) is 36.7 Å². The van der Waals surface area contributed by atoms with Crippen molar-refractivity contribution in [2.45, 2.75) is 127 Å². The van der Waals surface area contributed by atoms with Crippen molar-refractivity contribution >= 4 is 86.9 Å². The number of carbonyl (C=O) groups is 8. The molecule has 4 aromatic rings. The number of nitrogens with zero attached hydrogens (tertiary/aromatic N) is 4. The molecule has 1 unspecified atom stereocenters. The molecule has 22 heteroatoms. The van der Waals surface area contributed by atoms with Crippen LogP contribution in [0.2, 0.25) is 0 Å². The summed E-state index contributed by atoms with van der Waals surface area (Å²) in [4.78, 5) is 112. The topological polar surface area (TPSA) is 280 Å². The third kappa shape index (κ3) is 13.1. The smallest absolute Gasteiger partial charge is 0.416 e. The summed E-state index contributed by atoms with van der Waals surface area (Å²) < 4.78 is 17.7. The van der Waals surface area contributed by atoms with E-state index in [4.69, 9.17) is 31.5 Å². The van der Waals surface area contributed by atoms with Crippen molar-refractivity contribution in [2.75, 3.05) is 67.4 Å². The number of alkyl halides is 1. The Labute approximate surface area is 486 Å². The van der Waals surface area contributed by atoms with Gasteiger partial charge in [0.15, 0.2) is 17.7 Å². The summed E-state index contributed by atoms with van der Waals surface area (Å²) >= 11 is 6.39. The number of amides is 8. The Balaban J connectivity index is 0.786. The molecule has 21 nitrogen and oxygen atoms in total. The molecule has 5 aliphatic rings. The number of rotatable bonds is 26. The first-order valence-corrected chi connectivity index (χ1v) is 29.3. The van der Waals surface area contributed by atoms with Crippen LogP contribution < -0.4 is 41.0 Å². The number of halogens is 1. The second-order valence-electron chi connectivity index (χ2n) is 21.9. The molecule has 1 aliphatic carbocycles. The van der Waals surface area contributed by atoms with Crippen LogP contribution in [0.4, 0.5) is 21.9 Å². The van der Waals surface area contributed by atoms with E-state index in [2.05, 4.69) is 16.0 Å². The van der Waals surface area contributed by atoms with Crippen molar-refractivity contribution in [3.8, 4) is 17.2 Å². The average molecular weight is 1160 g/mol. The van der Waals surface area contributed by atoms with E-state index in [-0.39, 0.29) is 90.6 Å². The van der Waals surface area contributed by atoms with E-state index in [0.717, 1.165) is 15.8 Å². The van der Waals surface area contributed by atoms with Crippen LogP contribution >= 0.6 is 11.6 Å². The maximum absolute atomic E-state index is 14.2. The fourth-order valence-corrected chi connectivity index (χ4v) is 12.0. The highest BCUT2D eigenvalue weighted by Gasteiger charge is 2.51. The zero-order chi connectivity index (χ0) is 58.8. The Morgan fingerprint density at radius 3 is 2.30 bits per heavy atom. The van der Waals surface area contributed by atoms with Gasteiger partial charge < -0.3 is 55.9 Å². The van der Waals surface area contributed by atoms with Gasteiger partial charge in [0.1, 0.15) is 23.8 Å². The van der Waals surface area contributed by atoms with Gasteiger partial charge in [-0.3, -0.25) is 38.5 Å². The molecule has 9 rings (SSSR count). The quantitative estimate of drug-likeness (QED) is 0.0162. The third-order valence-electron chi connectivity index (χ3n) is 16.5. The van der Waals surface area contributed by atoms with Gasteiger partial charge in [-0.2, -0.15) is 0 Å². The summed E-state index contributed by atoms with van der Waals surface area (Å²) in [5.41, 5.74) is 7.22. The number of phenols is 1. The van der Waals surface area contributed by atoms with Gasteiger partial charge in [-0.15, -0.1) is 11.6 Å². The number of methoxy groups -OCH3 is 1. The number of aliphatic hydroxyl groups excluding tert-OH is 1. The van der Waals surface area contributed by atoms with E-state index in [1.165, 1.54) is 36.3 Å². The number of imide groups is 1. The number of ether oxygens (including phenoxy) is 3. The number of nitrogens with one attached hydrogen (secondary N) is 3. The van der Waals surface area contributed by atoms with Crippen molar-refractivity contribution in [1.29, 1.82) is 0 Å². The summed E-state index contributed by atoms with van der Waals surface area (Å²) in [6, 6.07) is 17.1. The monoisotopic (exact) mass is 1160 g/mol. The minimum absolute atomic E-state index is 0.0695. The predicted octanol–water partition coefficient (Wildman–Crippen LogP) is 6.88. The average Bonchev–Trinajstić information content (AvgIpc) is 2.78. The number of anilines is 3. The summed E-state index contributed by atoms with van der Waals surface area (Å²) in [6.07, 6.45) is 7.75. The Morgan fingerprint density at radius 1 is 0.843 bits per heavy atom. The van der Waals surface area contributed by atoms with E-state index < -0.39 is 47.5 Å². The Morgan fingerprint density at radius 2 is 1.59 bits per heavy atom. The second kappa shape index (κ2) is 27.1. The van der Waals surface area contributed by atoms with Gasteiger partial charge in [0.25, 0.3) is 17.7 Å². The van der Waals surface area contributed by atoms with Crippen LogP contribution in [0.1, 0.15) is 124 Å². The van der Waals surface area contributed by atoms with Crippen LogP contribution in [-0.2, 0) is 40.1 Å². The first-order chi connectivity index (χ1) is 40.2. The molecule has 4 heterocycles. The zero-order valence-corrected chi connectivity index (χ0v) is 47.5. The number of hydrogen-bond donors (Lipinski definition) is 6. The van der Waals surface area contributed by atoms with Gasteiger partial charge in [0.2, 0.25) is 23.6 Å². The van der Waals surface area contributed by atoms with Gasteiger partial charge in [0, 0.05) is 79.8 Å². The molecule has 8 amide bonds. The molecule has 4 aromatic carbocycles. The summed E-state index contributed by atoms with van der Waals surface area (Å²) in [6.45, 7) is 1.75. The molecule has 83 heavy (non-hydrogen) atoms. The highest BCUT2D eigenvalue weighted by Crippen LogP contribution is 2.46. The number of hydrogen-bond acceptors (Lipinski definition) is 14. The van der Waals surface area contributed by atoms with Crippen molar-refractivity contribution in [3.05, 3.63) is 95.6 Å². The van der Waals surface area contributed by atoms with Crippen molar-refractivity contribution in [1.82, 2.24) is 20.4 Å². The fourth-order valence-electron chi connectivity index (χ4n) is 11.8. The van der Waals surface area contributed by atoms with Crippen molar-refractivity contribution < 1.29 is 62.8 Å². The fraction of sp³-hybridized carbons (Fsp3) is 0.475. The maximum Gasteiger partial charge on any atom is 0.416 e. The second-order valence-corrected chi connectivity index (χ2v) is 22.2. The molecular formula is C61H73ClN8O13. The van der Waals surface area contributed by atoms with E-state index >= 15 is 0 Å². The minimum atomic E-state index is -1.47. The van der Waals surface area contributed by atoms with Gasteiger partial charge in [-0.25, -0.2) is 9.69 Å². The number of carbonyl (C=O) groups excluding carboxylic acids is 8. The summed E-state index contributed by atoms with van der Waals surface area (Å²) in [5.74, 6) is -1.72. The Bertz CT molecular complexity index is 3120. The van der Waals surface area contributed by atoms with Crippen LogP contribution in [0.3, 0.4) is 0 Å². The molecule has 2 fully saturated rings. The molecule has 1 saturated carbocycles. The van der Waals surface area contributed by atoms with E-state index in [9.17, 15) is 48.6 Å². The van der Waals surface area contributed by atoms with Crippen molar-refractivity contribution in [3.63, 3.8) is 0 Å². The SMILES string of the molecule is COc1cc2c(cc1OCCCCCC(=O)N1C[C@@H](CCl)c3c1cc(O)c1ccccc31)N(C(=O)OCc1ccc(NC(=O)[C@H](CCCCN)NC(=O)C3(C(=O)NCCCCCN4C(=O)C=CC4=O)CCC3)cc1)C(O)[C@@H]1CCCN1C2=O. The van der Waals surface area contributed by atoms with E-state index in [0.29, 0.717) is 138 Å². The van der Waals surface area contributed by atoms with Gasteiger partial charge in [-0.05, 0) is 125 Å². The predicted molar refractivity (Wildman–Crippen MR) is 310 cm³/mol. The molecule has 442 valence electrons. The molecule has 0 bridgehead atoms. The molecular weight excluding hydrogens is 1090 g/mol. The number of phenolic OH excluding ortho intramolecular Hbond substituents is 1. The molecule has 0 spiro atoms. The zero-order valence-electron chi connectivity index (χ0n) is 46.7. The number of benzene rings is 4. The lowest BCUT2D eigenvalue weighted by molar-refractivity contribution is -0.151. The first-order valence-electron chi connectivity index (χ1n) is 28.8. The number of unbranched alkanes of at least 4 members (excludes halogenated alkanes) is 5. The van der Waals surface area contributed by atoms with E-state index in [1.807, 2.05) is 24.3 Å². The Kier molecular flexibility index (Phi) is 19.5. The lowest BCUT2D eigenvalue weighted by Gasteiger charge is -2.39. The molecule has 4 aliphatic heterocycles. The van der Waals surface area contributed by atoms with Gasteiger partial charge in [-0.1, -0.05) is 42.8 Å². The molecule has 4 atom stereocenters. The molecule has 0 aromatic heterocycles. The lowest BCUT2D eigenvalue weighted by atomic mass is 9.67. The number of fused-ring (bicyclic) bond motifs is 5. The van der Waals surface area contributed by atoms with Crippen LogP contribution in [0.15, 0.2) is 78.9 Å². The highest BCUT2D eigenvalue weighted by atomic mass is 35.5. The summed E-state index contributed by atoms with van der Waals surface area (Å²) in [7, 11) is 1.44. The molecule has 1 saturated heterocycles. The highest BCUT2D eigenvalue weighted by molar-refractivity contribution is 6.19. The first kappa shape index (κ1) is 59.9.